The van der Waals surface area contributed by atoms with Gasteiger partial charge in [-0.15, -0.1) is 11.8 Å². The van der Waals surface area contributed by atoms with Crippen molar-refractivity contribution >= 4 is 23.6 Å². The van der Waals surface area contributed by atoms with E-state index in [1.165, 1.54) is 0 Å². The Kier molecular flexibility index (Phi) is 5.93. The van der Waals surface area contributed by atoms with Crippen LogP contribution in [0.1, 0.15) is 19.3 Å². The van der Waals surface area contributed by atoms with Crippen molar-refractivity contribution in [2.45, 2.75) is 43.1 Å². The van der Waals surface area contributed by atoms with Gasteiger partial charge in [-0.25, -0.2) is 0 Å². The first-order chi connectivity index (χ1) is 10.3. The van der Waals surface area contributed by atoms with Crippen molar-refractivity contribution in [3.8, 4) is 0 Å². The molecule has 2 amide bonds. The van der Waals surface area contributed by atoms with Gasteiger partial charge in [-0.3, -0.25) is 14.9 Å². The SMILES string of the molecule is O=C(CSC1NC(=O)CC(C(F)(F)F)N1)NCC1CCCO1. The minimum Gasteiger partial charge on any atom is -0.376 e. The molecule has 3 atom stereocenters. The van der Waals surface area contributed by atoms with Gasteiger partial charge in [0.25, 0.3) is 0 Å². The fraction of sp³-hybridized carbons (Fsp3) is 0.833. The quantitative estimate of drug-likeness (QED) is 0.672. The van der Waals surface area contributed by atoms with Gasteiger partial charge in [0.05, 0.1) is 18.3 Å². The molecule has 0 aromatic carbocycles. The molecule has 126 valence electrons. The number of amides is 2. The van der Waals surface area contributed by atoms with E-state index in [4.69, 9.17) is 4.74 Å². The van der Waals surface area contributed by atoms with Gasteiger partial charge in [-0.05, 0) is 12.8 Å². The number of hydrogen-bond acceptors (Lipinski definition) is 5. The van der Waals surface area contributed by atoms with E-state index in [-0.39, 0.29) is 17.8 Å². The molecule has 22 heavy (non-hydrogen) atoms. The van der Waals surface area contributed by atoms with Gasteiger partial charge in [0, 0.05) is 13.2 Å². The summed E-state index contributed by atoms with van der Waals surface area (Å²) in [6, 6.07) is -1.88. The van der Waals surface area contributed by atoms with E-state index in [1.807, 2.05) is 0 Å². The highest BCUT2D eigenvalue weighted by Crippen LogP contribution is 2.26. The van der Waals surface area contributed by atoms with E-state index < -0.39 is 30.0 Å². The predicted octanol–water partition coefficient (Wildman–Crippen LogP) is 0.339. The maximum atomic E-state index is 12.6. The van der Waals surface area contributed by atoms with Crippen molar-refractivity contribution in [1.29, 1.82) is 0 Å². The fourth-order valence-corrected chi connectivity index (χ4v) is 3.11. The highest BCUT2D eigenvalue weighted by Gasteiger charge is 2.44. The molecule has 0 radical (unpaired) electrons. The second-order valence-electron chi connectivity index (χ2n) is 5.16. The minimum atomic E-state index is -4.49. The molecule has 2 fully saturated rings. The number of rotatable bonds is 5. The predicted molar refractivity (Wildman–Crippen MR) is 74.0 cm³/mol. The maximum Gasteiger partial charge on any atom is 0.404 e. The van der Waals surface area contributed by atoms with Crippen molar-refractivity contribution < 1.29 is 27.5 Å². The molecule has 0 spiro atoms. The zero-order chi connectivity index (χ0) is 16.2. The normalized spacial score (nSPS) is 29.2. The average Bonchev–Trinajstić information content (AvgIpc) is 2.94. The van der Waals surface area contributed by atoms with Crippen LogP contribution < -0.4 is 16.0 Å². The van der Waals surface area contributed by atoms with E-state index in [0.717, 1.165) is 24.6 Å². The fourth-order valence-electron chi connectivity index (χ4n) is 2.22. The van der Waals surface area contributed by atoms with E-state index >= 15 is 0 Å². The summed E-state index contributed by atoms with van der Waals surface area (Å²) < 4.78 is 43.3. The summed E-state index contributed by atoms with van der Waals surface area (Å²) in [5, 5.41) is 7.33. The molecule has 2 aliphatic rings. The third-order valence-electron chi connectivity index (χ3n) is 3.36. The Labute approximate surface area is 129 Å². The third kappa shape index (κ3) is 5.33. The lowest BCUT2D eigenvalue weighted by molar-refractivity contribution is -0.167. The number of carbonyl (C=O) groups is 2. The second kappa shape index (κ2) is 7.51. The molecule has 0 aromatic rings. The van der Waals surface area contributed by atoms with E-state index in [2.05, 4.69) is 16.0 Å². The van der Waals surface area contributed by atoms with Crippen LogP contribution in [0, 0.1) is 0 Å². The summed E-state index contributed by atoms with van der Waals surface area (Å²) in [5.41, 5.74) is -0.929. The average molecular weight is 341 g/mol. The second-order valence-corrected chi connectivity index (χ2v) is 6.26. The molecular formula is C12H18F3N3O3S. The summed E-state index contributed by atoms with van der Waals surface area (Å²) in [5.74, 6) is -1.03. The zero-order valence-electron chi connectivity index (χ0n) is 11.7. The Hall–Kier alpha value is -1.00. The zero-order valence-corrected chi connectivity index (χ0v) is 12.6. The molecular weight excluding hydrogens is 323 g/mol. The summed E-state index contributed by atoms with van der Waals surface area (Å²) in [4.78, 5) is 22.9. The summed E-state index contributed by atoms with van der Waals surface area (Å²) in [6.45, 7) is 1.08. The van der Waals surface area contributed by atoms with Gasteiger partial charge in [-0.2, -0.15) is 13.2 Å². The molecule has 6 nitrogen and oxygen atoms in total. The Bertz CT molecular complexity index is 416. The lowest BCUT2D eigenvalue weighted by atomic mass is 10.1. The molecule has 0 aliphatic carbocycles. The van der Waals surface area contributed by atoms with Crippen molar-refractivity contribution in [2.75, 3.05) is 18.9 Å². The van der Waals surface area contributed by atoms with Gasteiger partial charge in [0.2, 0.25) is 11.8 Å². The number of alkyl halides is 3. The maximum absolute atomic E-state index is 12.6. The molecule has 3 N–H and O–H groups in total. The van der Waals surface area contributed by atoms with Crippen molar-refractivity contribution in [2.24, 2.45) is 0 Å². The van der Waals surface area contributed by atoms with Gasteiger partial charge < -0.3 is 15.4 Å². The van der Waals surface area contributed by atoms with Gasteiger partial charge in [0.15, 0.2) is 0 Å². The summed E-state index contributed by atoms with van der Waals surface area (Å²) in [7, 11) is 0. The summed E-state index contributed by atoms with van der Waals surface area (Å²) in [6.07, 6.45) is -3.27. The number of hydrogen-bond donors (Lipinski definition) is 3. The highest BCUT2D eigenvalue weighted by molar-refractivity contribution is 8.00. The first-order valence-electron chi connectivity index (χ1n) is 6.96. The van der Waals surface area contributed by atoms with Crippen LogP contribution in [0.5, 0.6) is 0 Å². The molecule has 2 heterocycles. The Morgan fingerprint density at radius 3 is 2.86 bits per heavy atom. The Balaban J connectivity index is 1.70. The lowest BCUT2D eigenvalue weighted by Gasteiger charge is -2.32. The van der Waals surface area contributed by atoms with Crippen molar-refractivity contribution in [3.05, 3.63) is 0 Å². The van der Waals surface area contributed by atoms with E-state index in [0.29, 0.717) is 13.2 Å². The molecule has 2 aliphatic heterocycles. The first kappa shape index (κ1) is 17.4. The Morgan fingerprint density at radius 1 is 1.45 bits per heavy atom. The van der Waals surface area contributed by atoms with Gasteiger partial charge in [0.1, 0.15) is 11.5 Å². The Morgan fingerprint density at radius 2 is 2.23 bits per heavy atom. The molecule has 0 aromatic heterocycles. The van der Waals surface area contributed by atoms with E-state index in [9.17, 15) is 22.8 Å². The van der Waals surface area contributed by atoms with Crippen LogP contribution in [0.4, 0.5) is 13.2 Å². The molecule has 0 saturated carbocycles. The van der Waals surface area contributed by atoms with Crippen molar-refractivity contribution in [1.82, 2.24) is 16.0 Å². The topological polar surface area (TPSA) is 79.5 Å². The first-order valence-corrected chi connectivity index (χ1v) is 8.01. The van der Waals surface area contributed by atoms with Crippen LogP contribution in [0.25, 0.3) is 0 Å². The largest absolute Gasteiger partial charge is 0.404 e. The van der Waals surface area contributed by atoms with Crippen LogP contribution in [-0.2, 0) is 14.3 Å². The number of carbonyl (C=O) groups excluding carboxylic acids is 2. The molecule has 2 saturated heterocycles. The number of ether oxygens (including phenoxy) is 1. The monoisotopic (exact) mass is 341 g/mol. The number of halogens is 3. The number of thioether (sulfide) groups is 1. The van der Waals surface area contributed by atoms with Crippen LogP contribution in [0.15, 0.2) is 0 Å². The molecule has 0 bridgehead atoms. The van der Waals surface area contributed by atoms with Gasteiger partial charge in [-0.1, -0.05) is 0 Å². The van der Waals surface area contributed by atoms with Crippen LogP contribution in [0.3, 0.4) is 0 Å². The standard InChI is InChI=1S/C12H18F3N3O3S/c13-12(14,15)8-4-9(19)18-11(17-8)22-6-10(20)16-5-7-2-1-3-21-7/h7-8,11,17H,1-6H2,(H,16,20)(H,18,19). The lowest BCUT2D eigenvalue weighted by Crippen LogP contribution is -2.59. The number of nitrogens with one attached hydrogen (secondary N) is 3. The van der Waals surface area contributed by atoms with Crippen LogP contribution >= 0.6 is 11.8 Å². The van der Waals surface area contributed by atoms with E-state index in [1.54, 1.807) is 0 Å². The molecule has 10 heteroatoms. The smallest absolute Gasteiger partial charge is 0.376 e. The van der Waals surface area contributed by atoms with Crippen molar-refractivity contribution in [3.63, 3.8) is 0 Å². The highest BCUT2D eigenvalue weighted by atomic mass is 32.2. The van der Waals surface area contributed by atoms with Gasteiger partial charge >= 0.3 is 6.18 Å². The van der Waals surface area contributed by atoms with Crippen LogP contribution in [0.2, 0.25) is 0 Å². The molecule has 2 rings (SSSR count). The minimum absolute atomic E-state index is 0.0102. The molecule has 3 unspecified atom stereocenters. The summed E-state index contributed by atoms with van der Waals surface area (Å²) >= 11 is 0.916. The third-order valence-corrected chi connectivity index (χ3v) is 4.38. The van der Waals surface area contributed by atoms with Crippen LogP contribution in [-0.4, -0.2) is 54.5 Å².